The molecule has 0 amide bonds. The van der Waals surface area contributed by atoms with Gasteiger partial charge in [0.15, 0.2) is 5.65 Å². The van der Waals surface area contributed by atoms with E-state index >= 15 is 0 Å². The monoisotopic (exact) mass is 284 g/mol. The summed E-state index contributed by atoms with van der Waals surface area (Å²) in [5.74, 6) is 0. The van der Waals surface area contributed by atoms with Crippen LogP contribution in [-0.4, -0.2) is 24.3 Å². The highest BCUT2D eigenvalue weighted by Gasteiger charge is 2.13. The second-order valence-electron chi connectivity index (χ2n) is 5.13. The van der Waals surface area contributed by atoms with Crippen LogP contribution >= 0.6 is 0 Å². The average molecular weight is 284 g/mol. The summed E-state index contributed by atoms with van der Waals surface area (Å²) in [5.41, 5.74) is 3.24. The second kappa shape index (κ2) is 5.14. The van der Waals surface area contributed by atoms with Gasteiger partial charge in [-0.05, 0) is 30.5 Å². The van der Waals surface area contributed by atoms with Crippen LogP contribution < -0.4 is 5.69 Å². The largest absolute Gasteiger partial charge is 0.386 e. The molecular formula is C15H16N4O2. The summed E-state index contributed by atoms with van der Waals surface area (Å²) in [6.45, 7) is 4.13. The number of aliphatic hydroxyl groups is 1. The molecule has 1 atom stereocenters. The minimum absolute atomic E-state index is 0.114. The van der Waals surface area contributed by atoms with E-state index in [0.717, 1.165) is 11.1 Å². The molecule has 0 aliphatic rings. The Hall–Kier alpha value is -2.47. The molecule has 3 rings (SSSR count). The summed E-state index contributed by atoms with van der Waals surface area (Å²) in [4.78, 5) is 16.1. The summed E-state index contributed by atoms with van der Waals surface area (Å²) >= 11 is 0. The van der Waals surface area contributed by atoms with E-state index in [1.54, 1.807) is 6.20 Å². The number of benzene rings is 1. The van der Waals surface area contributed by atoms with Crippen molar-refractivity contribution in [2.75, 3.05) is 0 Å². The molecule has 6 heteroatoms. The fraction of sp³-hybridized carbons (Fsp3) is 0.267. The lowest BCUT2D eigenvalue weighted by Gasteiger charge is -2.12. The van der Waals surface area contributed by atoms with Crippen LogP contribution in [0.1, 0.15) is 22.8 Å². The molecule has 2 aromatic heterocycles. The summed E-state index contributed by atoms with van der Waals surface area (Å²) < 4.78 is 2.66. The minimum Gasteiger partial charge on any atom is -0.386 e. The minimum atomic E-state index is -0.778. The maximum absolute atomic E-state index is 12.1. The van der Waals surface area contributed by atoms with E-state index in [2.05, 4.69) is 10.1 Å². The molecule has 0 spiro atoms. The molecule has 0 bridgehead atoms. The van der Waals surface area contributed by atoms with Gasteiger partial charge in [0, 0.05) is 12.4 Å². The van der Waals surface area contributed by atoms with E-state index in [1.165, 1.54) is 27.0 Å². The lowest BCUT2D eigenvalue weighted by molar-refractivity contribution is 0.150. The van der Waals surface area contributed by atoms with Crippen LogP contribution in [0.25, 0.3) is 5.65 Å². The van der Waals surface area contributed by atoms with Crippen molar-refractivity contribution >= 4 is 5.65 Å². The summed E-state index contributed by atoms with van der Waals surface area (Å²) in [5, 5.41) is 14.5. The van der Waals surface area contributed by atoms with Crippen LogP contribution in [-0.2, 0) is 6.54 Å². The normalized spacial score (nSPS) is 12.7. The molecule has 0 saturated heterocycles. The number of rotatable bonds is 3. The van der Waals surface area contributed by atoms with E-state index in [-0.39, 0.29) is 12.2 Å². The molecule has 6 nitrogen and oxygen atoms in total. The van der Waals surface area contributed by atoms with Gasteiger partial charge in [0.2, 0.25) is 0 Å². The van der Waals surface area contributed by atoms with Crippen molar-refractivity contribution in [1.29, 1.82) is 0 Å². The third-order valence-corrected chi connectivity index (χ3v) is 3.65. The topological polar surface area (TPSA) is 72.4 Å². The first-order valence-electron chi connectivity index (χ1n) is 6.70. The molecule has 1 unspecified atom stereocenters. The number of fused-ring (bicyclic) bond motifs is 1. The summed E-state index contributed by atoms with van der Waals surface area (Å²) in [7, 11) is 0. The highest BCUT2D eigenvalue weighted by Crippen LogP contribution is 2.18. The lowest BCUT2D eigenvalue weighted by Crippen LogP contribution is -2.24. The van der Waals surface area contributed by atoms with Gasteiger partial charge in [-0.1, -0.05) is 18.2 Å². The van der Waals surface area contributed by atoms with Crippen LogP contribution in [0.3, 0.4) is 0 Å². The zero-order valence-electron chi connectivity index (χ0n) is 11.9. The summed E-state index contributed by atoms with van der Waals surface area (Å²) in [6, 6.07) is 5.77. The standard InChI is InChI=1S/C15H16N4O2/c1-10-3-4-12(7-11(10)2)13(20)9-19-15(21)18-6-5-16-8-14(18)17-19/h3-8,13,20H,9H2,1-2H3. The molecule has 2 heterocycles. The highest BCUT2D eigenvalue weighted by atomic mass is 16.3. The Morgan fingerprint density at radius 3 is 2.81 bits per heavy atom. The van der Waals surface area contributed by atoms with Gasteiger partial charge in [-0.15, -0.1) is 5.10 Å². The first-order chi connectivity index (χ1) is 10.1. The molecule has 1 N–H and O–H groups in total. The van der Waals surface area contributed by atoms with Crippen molar-refractivity contribution in [1.82, 2.24) is 19.2 Å². The Kier molecular flexibility index (Phi) is 3.31. The van der Waals surface area contributed by atoms with E-state index < -0.39 is 6.10 Å². The summed E-state index contributed by atoms with van der Waals surface area (Å²) in [6.07, 6.45) is 3.82. The number of hydrogen-bond donors (Lipinski definition) is 1. The molecule has 0 aliphatic heterocycles. The molecule has 108 valence electrons. The van der Waals surface area contributed by atoms with Crippen molar-refractivity contribution in [3.63, 3.8) is 0 Å². The zero-order valence-corrected chi connectivity index (χ0v) is 11.9. The molecule has 3 aromatic rings. The Labute approximate surface area is 121 Å². The van der Waals surface area contributed by atoms with Crippen LogP contribution in [0.15, 0.2) is 41.6 Å². The first-order valence-corrected chi connectivity index (χ1v) is 6.70. The quantitative estimate of drug-likeness (QED) is 0.785. The highest BCUT2D eigenvalue weighted by molar-refractivity contribution is 5.32. The fourth-order valence-corrected chi connectivity index (χ4v) is 2.24. The van der Waals surface area contributed by atoms with Gasteiger partial charge in [0.05, 0.1) is 18.8 Å². The zero-order chi connectivity index (χ0) is 15.0. The van der Waals surface area contributed by atoms with E-state index in [4.69, 9.17) is 0 Å². The number of hydrogen-bond acceptors (Lipinski definition) is 4. The Balaban J connectivity index is 1.92. The third-order valence-electron chi connectivity index (χ3n) is 3.65. The van der Waals surface area contributed by atoms with Gasteiger partial charge in [-0.25, -0.2) is 13.9 Å². The molecule has 0 saturated carbocycles. The predicted octanol–water partition coefficient (Wildman–Crippen LogP) is 1.24. The third kappa shape index (κ3) is 2.45. The first kappa shape index (κ1) is 13.5. The van der Waals surface area contributed by atoms with Gasteiger partial charge in [0.1, 0.15) is 0 Å². The van der Waals surface area contributed by atoms with Crippen molar-refractivity contribution < 1.29 is 5.11 Å². The fourth-order valence-electron chi connectivity index (χ4n) is 2.24. The van der Waals surface area contributed by atoms with E-state index in [9.17, 15) is 9.90 Å². The van der Waals surface area contributed by atoms with Crippen molar-refractivity contribution in [3.8, 4) is 0 Å². The smallest absolute Gasteiger partial charge is 0.350 e. The van der Waals surface area contributed by atoms with Crippen molar-refractivity contribution in [2.45, 2.75) is 26.5 Å². The molecule has 0 radical (unpaired) electrons. The average Bonchev–Trinajstić information content (AvgIpc) is 2.79. The molecule has 0 aliphatic carbocycles. The number of nitrogens with zero attached hydrogens (tertiary/aromatic N) is 4. The van der Waals surface area contributed by atoms with E-state index in [1.807, 2.05) is 32.0 Å². The van der Waals surface area contributed by atoms with Gasteiger partial charge in [-0.2, -0.15) is 0 Å². The Morgan fingerprint density at radius 1 is 1.29 bits per heavy atom. The molecule has 21 heavy (non-hydrogen) atoms. The molecular weight excluding hydrogens is 268 g/mol. The molecule has 0 fully saturated rings. The Bertz CT molecular complexity index is 850. The second-order valence-corrected chi connectivity index (χ2v) is 5.13. The predicted molar refractivity (Wildman–Crippen MR) is 78.1 cm³/mol. The number of aryl methyl sites for hydroxylation is 2. The lowest BCUT2D eigenvalue weighted by atomic mass is 10.0. The van der Waals surface area contributed by atoms with Crippen LogP contribution in [0, 0.1) is 13.8 Å². The van der Waals surface area contributed by atoms with Crippen LogP contribution in [0.5, 0.6) is 0 Å². The van der Waals surface area contributed by atoms with Gasteiger partial charge in [0.25, 0.3) is 0 Å². The molecule has 1 aromatic carbocycles. The van der Waals surface area contributed by atoms with Crippen LogP contribution in [0.2, 0.25) is 0 Å². The Morgan fingerprint density at radius 2 is 2.10 bits per heavy atom. The van der Waals surface area contributed by atoms with Gasteiger partial charge >= 0.3 is 5.69 Å². The van der Waals surface area contributed by atoms with Crippen molar-refractivity contribution in [2.24, 2.45) is 0 Å². The van der Waals surface area contributed by atoms with Crippen LogP contribution in [0.4, 0.5) is 0 Å². The van der Waals surface area contributed by atoms with Gasteiger partial charge in [-0.3, -0.25) is 4.98 Å². The SMILES string of the molecule is Cc1ccc(C(O)Cn2nc3cnccn3c2=O)cc1C. The van der Waals surface area contributed by atoms with E-state index in [0.29, 0.717) is 5.65 Å². The maximum atomic E-state index is 12.1. The number of aromatic nitrogens is 4. The van der Waals surface area contributed by atoms with Crippen molar-refractivity contribution in [3.05, 3.63) is 64.0 Å². The number of aliphatic hydroxyl groups excluding tert-OH is 1. The maximum Gasteiger partial charge on any atom is 0.350 e. The van der Waals surface area contributed by atoms with Gasteiger partial charge < -0.3 is 5.11 Å².